The van der Waals surface area contributed by atoms with E-state index in [1.54, 1.807) is 11.3 Å². The molecule has 1 aromatic rings. The van der Waals surface area contributed by atoms with E-state index in [9.17, 15) is 8.42 Å². The number of nitrogens with zero attached hydrogens (tertiary/aromatic N) is 1. The monoisotopic (exact) mass is 330 g/mol. The lowest BCUT2D eigenvalue weighted by atomic mass is 9.82. The Morgan fingerprint density at radius 2 is 2.24 bits per heavy atom. The van der Waals surface area contributed by atoms with Crippen molar-refractivity contribution in [3.8, 4) is 0 Å². The van der Waals surface area contributed by atoms with Crippen molar-refractivity contribution in [3.63, 3.8) is 0 Å². The molecule has 21 heavy (non-hydrogen) atoms. The first-order chi connectivity index (χ1) is 9.90. The quantitative estimate of drug-likeness (QED) is 0.871. The standard InChI is InChI=1S/C15H26N2O2S2/c1-4-16-14(9-15-17-11(2)10-20-15)12-6-5-7-13(8-12)21(3,18)19/h10,12-14,16H,4-9H2,1-3H3. The molecule has 2 rings (SSSR count). The highest BCUT2D eigenvalue weighted by Crippen LogP contribution is 2.32. The molecule has 0 bridgehead atoms. The van der Waals surface area contributed by atoms with E-state index in [0.717, 1.165) is 49.4 Å². The SMILES string of the molecule is CCNC(Cc1nc(C)cs1)C1CCCC(S(C)(=O)=O)C1. The van der Waals surface area contributed by atoms with E-state index in [0.29, 0.717) is 12.0 Å². The van der Waals surface area contributed by atoms with Crippen LogP contribution >= 0.6 is 11.3 Å². The van der Waals surface area contributed by atoms with Crippen molar-refractivity contribution in [2.45, 2.75) is 57.2 Å². The van der Waals surface area contributed by atoms with Crippen LogP contribution in [-0.4, -0.2) is 37.5 Å². The molecule has 0 radical (unpaired) electrons. The van der Waals surface area contributed by atoms with Gasteiger partial charge in [-0.25, -0.2) is 13.4 Å². The molecular formula is C15H26N2O2S2. The summed E-state index contributed by atoms with van der Waals surface area (Å²) >= 11 is 1.70. The van der Waals surface area contributed by atoms with Gasteiger partial charge in [-0.1, -0.05) is 13.3 Å². The van der Waals surface area contributed by atoms with Crippen LogP contribution in [0, 0.1) is 12.8 Å². The molecule has 1 fully saturated rings. The first-order valence-corrected chi connectivity index (χ1v) is 10.6. The van der Waals surface area contributed by atoms with Gasteiger partial charge in [0.1, 0.15) is 9.84 Å². The number of rotatable bonds is 6. The van der Waals surface area contributed by atoms with Crippen LogP contribution in [0.5, 0.6) is 0 Å². The Morgan fingerprint density at radius 1 is 1.48 bits per heavy atom. The molecule has 6 heteroatoms. The molecule has 0 aromatic carbocycles. The highest BCUT2D eigenvalue weighted by Gasteiger charge is 2.33. The zero-order chi connectivity index (χ0) is 15.5. The van der Waals surface area contributed by atoms with Gasteiger partial charge in [0.15, 0.2) is 0 Å². The number of nitrogens with one attached hydrogen (secondary N) is 1. The maximum atomic E-state index is 11.8. The van der Waals surface area contributed by atoms with Crippen LogP contribution in [0.1, 0.15) is 43.3 Å². The van der Waals surface area contributed by atoms with Crippen molar-refractivity contribution in [2.24, 2.45) is 5.92 Å². The number of hydrogen-bond acceptors (Lipinski definition) is 5. The molecule has 3 atom stereocenters. The van der Waals surface area contributed by atoms with Gasteiger partial charge in [0.2, 0.25) is 0 Å². The van der Waals surface area contributed by atoms with E-state index in [4.69, 9.17) is 0 Å². The molecule has 0 amide bonds. The van der Waals surface area contributed by atoms with Gasteiger partial charge in [0.25, 0.3) is 0 Å². The Balaban J connectivity index is 2.06. The molecule has 0 saturated heterocycles. The van der Waals surface area contributed by atoms with Gasteiger partial charge < -0.3 is 5.32 Å². The molecule has 4 nitrogen and oxygen atoms in total. The average Bonchev–Trinajstić information content (AvgIpc) is 2.83. The third-order valence-electron chi connectivity index (χ3n) is 4.37. The Morgan fingerprint density at radius 3 is 2.81 bits per heavy atom. The second kappa shape index (κ2) is 7.20. The molecule has 1 saturated carbocycles. The maximum absolute atomic E-state index is 11.8. The Hall–Kier alpha value is -0.460. The van der Waals surface area contributed by atoms with E-state index in [-0.39, 0.29) is 5.25 Å². The van der Waals surface area contributed by atoms with Crippen LogP contribution in [0.2, 0.25) is 0 Å². The lowest BCUT2D eigenvalue weighted by molar-refractivity contribution is 0.270. The molecule has 1 aliphatic carbocycles. The Kier molecular flexibility index (Phi) is 5.80. The zero-order valence-electron chi connectivity index (χ0n) is 13.1. The van der Waals surface area contributed by atoms with Crippen LogP contribution in [0.3, 0.4) is 0 Å². The first-order valence-electron chi connectivity index (χ1n) is 7.73. The van der Waals surface area contributed by atoms with Crippen LogP contribution in [0.15, 0.2) is 5.38 Å². The predicted octanol–water partition coefficient (Wildman–Crippen LogP) is 2.58. The third-order valence-corrected chi connectivity index (χ3v) is 7.00. The summed E-state index contributed by atoms with van der Waals surface area (Å²) in [4.78, 5) is 4.56. The molecular weight excluding hydrogens is 304 g/mol. The number of aromatic nitrogens is 1. The van der Waals surface area contributed by atoms with E-state index in [1.165, 1.54) is 6.26 Å². The molecule has 1 heterocycles. The second-order valence-electron chi connectivity index (χ2n) is 6.13. The summed E-state index contributed by atoms with van der Waals surface area (Å²) < 4.78 is 23.7. The lowest BCUT2D eigenvalue weighted by Gasteiger charge is -2.34. The molecule has 3 unspecified atom stereocenters. The molecule has 0 aliphatic heterocycles. The number of hydrogen-bond donors (Lipinski definition) is 1. The topological polar surface area (TPSA) is 59.1 Å². The number of thiazole rings is 1. The normalized spacial score (nSPS) is 24.9. The van der Waals surface area contributed by atoms with Gasteiger partial charge in [-0.3, -0.25) is 0 Å². The van der Waals surface area contributed by atoms with Gasteiger partial charge in [-0.2, -0.15) is 0 Å². The van der Waals surface area contributed by atoms with Crippen LogP contribution in [-0.2, 0) is 16.3 Å². The van der Waals surface area contributed by atoms with Gasteiger partial charge in [-0.05, 0) is 38.6 Å². The fraction of sp³-hybridized carbons (Fsp3) is 0.800. The number of likely N-dealkylation sites (N-methyl/N-ethyl adjacent to an activating group) is 1. The molecule has 1 aliphatic rings. The van der Waals surface area contributed by atoms with E-state index in [1.807, 2.05) is 6.92 Å². The van der Waals surface area contributed by atoms with Gasteiger partial charge in [0.05, 0.1) is 10.3 Å². The summed E-state index contributed by atoms with van der Waals surface area (Å²) in [6.45, 7) is 5.04. The summed E-state index contributed by atoms with van der Waals surface area (Å²) in [5, 5.41) is 6.63. The minimum Gasteiger partial charge on any atom is -0.314 e. The Labute approximate surface area is 132 Å². The van der Waals surface area contributed by atoms with Crippen molar-refractivity contribution >= 4 is 21.2 Å². The highest BCUT2D eigenvalue weighted by atomic mass is 32.2. The second-order valence-corrected chi connectivity index (χ2v) is 9.40. The Bertz CT molecular complexity index is 554. The van der Waals surface area contributed by atoms with Crippen molar-refractivity contribution in [3.05, 3.63) is 16.1 Å². The predicted molar refractivity (Wildman–Crippen MR) is 88.6 cm³/mol. The third kappa shape index (κ3) is 4.76. The number of aryl methyl sites for hydroxylation is 1. The smallest absolute Gasteiger partial charge is 0.150 e. The fourth-order valence-electron chi connectivity index (χ4n) is 3.29. The van der Waals surface area contributed by atoms with Crippen molar-refractivity contribution in [2.75, 3.05) is 12.8 Å². The molecule has 120 valence electrons. The van der Waals surface area contributed by atoms with Crippen LogP contribution in [0.4, 0.5) is 0 Å². The van der Waals surface area contributed by atoms with Crippen molar-refractivity contribution < 1.29 is 8.42 Å². The summed E-state index contributed by atoms with van der Waals surface area (Å²) in [6, 6.07) is 0.338. The van der Waals surface area contributed by atoms with E-state index >= 15 is 0 Å². The molecule has 0 spiro atoms. The minimum atomic E-state index is -2.92. The average molecular weight is 331 g/mol. The van der Waals surface area contributed by atoms with Crippen LogP contribution in [0.25, 0.3) is 0 Å². The fourth-order valence-corrected chi connectivity index (χ4v) is 5.31. The number of sulfone groups is 1. The summed E-state index contributed by atoms with van der Waals surface area (Å²) in [6.07, 6.45) is 6.04. The lowest BCUT2D eigenvalue weighted by Crippen LogP contribution is -2.42. The van der Waals surface area contributed by atoms with Crippen molar-refractivity contribution in [1.29, 1.82) is 0 Å². The summed E-state index contributed by atoms with van der Waals surface area (Å²) in [5.74, 6) is 0.433. The largest absolute Gasteiger partial charge is 0.314 e. The summed E-state index contributed by atoms with van der Waals surface area (Å²) in [5.41, 5.74) is 1.07. The van der Waals surface area contributed by atoms with Crippen molar-refractivity contribution in [1.82, 2.24) is 10.3 Å². The van der Waals surface area contributed by atoms with E-state index < -0.39 is 9.84 Å². The summed E-state index contributed by atoms with van der Waals surface area (Å²) in [7, 11) is -2.92. The van der Waals surface area contributed by atoms with Crippen LogP contribution < -0.4 is 5.32 Å². The van der Waals surface area contributed by atoms with Gasteiger partial charge >= 0.3 is 0 Å². The first kappa shape index (κ1) is 16.9. The molecule has 1 N–H and O–H groups in total. The van der Waals surface area contributed by atoms with Gasteiger partial charge in [0, 0.05) is 29.8 Å². The minimum absolute atomic E-state index is 0.157. The highest BCUT2D eigenvalue weighted by molar-refractivity contribution is 7.91. The van der Waals surface area contributed by atoms with Gasteiger partial charge in [-0.15, -0.1) is 11.3 Å². The molecule has 1 aromatic heterocycles. The van der Waals surface area contributed by atoms with E-state index in [2.05, 4.69) is 22.6 Å². The maximum Gasteiger partial charge on any atom is 0.150 e. The zero-order valence-corrected chi connectivity index (χ0v) is 14.8.